The Bertz CT molecular complexity index is 1280. The number of fused-ring (bicyclic) bond motifs is 2. The molecule has 0 saturated heterocycles. The Labute approximate surface area is 182 Å². The van der Waals surface area contributed by atoms with Gasteiger partial charge in [0.2, 0.25) is 0 Å². The molecule has 0 radical (unpaired) electrons. The molecule has 0 aliphatic heterocycles. The lowest BCUT2D eigenvalue weighted by atomic mass is 10.1. The summed E-state index contributed by atoms with van der Waals surface area (Å²) in [7, 11) is 0. The molecule has 30 heavy (non-hydrogen) atoms. The van der Waals surface area contributed by atoms with Crippen molar-refractivity contribution >= 4 is 44.8 Å². The molecule has 4 aromatic heterocycles. The molecule has 6 nitrogen and oxygen atoms in total. The summed E-state index contributed by atoms with van der Waals surface area (Å²) in [4.78, 5) is 11.2. The maximum absolute atomic E-state index is 4.57. The molecule has 4 heterocycles. The van der Waals surface area contributed by atoms with Crippen LogP contribution in [0.15, 0.2) is 67.1 Å². The third-order valence-corrected chi connectivity index (χ3v) is 6.70. The van der Waals surface area contributed by atoms with E-state index in [1.54, 1.807) is 17.7 Å². The molecular weight excluding hydrogens is 412 g/mol. The Hall–Kier alpha value is -2.97. The second-order valence-electron chi connectivity index (χ2n) is 6.88. The van der Waals surface area contributed by atoms with Gasteiger partial charge in [0.05, 0.1) is 11.4 Å². The number of rotatable bonds is 7. The summed E-state index contributed by atoms with van der Waals surface area (Å²) in [6.07, 6.45) is 6.67. The molecular formula is C22H20N6S2. The number of aromatic nitrogens is 5. The highest BCUT2D eigenvalue weighted by Gasteiger charge is 2.20. The van der Waals surface area contributed by atoms with Gasteiger partial charge in [0.1, 0.15) is 17.0 Å². The monoisotopic (exact) mass is 432 g/mol. The predicted octanol–water partition coefficient (Wildman–Crippen LogP) is 5.31. The first kappa shape index (κ1) is 19.0. The SMILES string of the molecule is CSCCC(Nc1ncnc2sc(-c3ccccc3)cc12)c1nnc2ccccn12. The molecule has 5 rings (SSSR count). The average Bonchev–Trinajstić information content (AvgIpc) is 3.42. The minimum atomic E-state index is -0.00646. The summed E-state index contributed by atoms with van der Waals surface area (Å²) in [5, 5.41) is 13.5. The van der Waals surface area contributed by atoms with Crippen molar-refractivity contribution < 1.29 is 0 Å². The molecule has 150 valence electrons. The number of benzene rings is 1. The fraction of sp³-hybridized carbons (Fsp3) is 0.182. The van der Waals surface area contributed by atoms with Crippen LogP contribution in [0, 0.1) is 0 Å². The summed E-state index contributed by atoms with van der Waals surface area (Å²) >= 11 is 3.50. The highest BCUT2D eigenvalue weighted by Crippen LogP contribution is 2.36. The van der Waals surface area contributed by atoms with Crippen LogP contribution in [0.5, 0.6) is 0 Å². The van der Waals surface area contributed by atoms with Gasteiger partial charge < -0.3 is 5.32 Å². The summed E-state index contributed by atoms with van der Waals surface area (Å²) < 4.78 is 2.04. The van der Waals surface area contributed by atoms with Gasteiger partial charge in [-0.2, -0.15) is 11.8 Å². The number of hydrogen-bond acceptors (Lipinski definition) is 7. The van der Waals surface area contributed by atoms with Gasteiger partial charge in [-0.1, -0.05) is 36.4 Å². The third kappa shape index (κ3) is 3.64. The van der Waals surface area contributed by atoms with Crippen molar-refractivity contribution in [1.82, 2.24) is 24.6 Å². The molecule has 0 fully saturated rings. The quantitative estimate of drug-likeness (QED) is 0.376. The van der Waals surface area contributed by atoms with Crippen molar-refractivity contribution in [3.63, 3.8) is 0 Å². The van der Waals surface area contributed by atoms with Gasteiger partial charge in [-0.15, -0.1) is 21.5 Å². The molecule has 1 N–H and O–H groups in total. The van der Waals surface area contributed by atoms with Crippen molar-refractivity contribution in [2.24, 2.45) is 0 Å². The minimum absolute atomic E-state index is 0.00646. The number of thioether (sulfide) groups is 1. The van der Waals surface area contributed by atoms with E-state index < -0.39 is 0 Å². The first-order chi connectivity index (χ1) is 14.8. The van der Waals surface area contributed by atoms with E-state index in [2.05, 4.69) is 62.1 Å². The zero-order valence-electron chi connectivity index (χ0n) is 16.4. The van der Waals surface area contributed by atoms with Gasteiger partial charge in [-0.3, -0.25) is 4.40 Å². The van der Waals surface area contributed by atoms with Crippen molar-refractivity contribution in [2.45, 2.75) is 12.5 Å². The number of thiophene rings is 1. The lowest BCUT2D eigenvalue weighted by Crippen LogP contribution is -2.16. The predicted molar refractivity (Wildman–Crippen MR) is 125 cm³/mol. The molecule has 0 aliphatic carbocycles. The third-order valence-electron chi connectivity index (χ3n) is 4.96. The van der Waals surface area contributed by atoms with Crippen LogP contribution in [0.3, 0.4) is 0 Å². The Balaban J connectivity index is 1.54. The topological polar surface area (TPSA) is 68.0 Å². The van der Waals surface area contributed by atoms with Crippen LogP contribution < -0.4 is 5.32 Å². The van der Waals surface area contributed by atoms with E-state index in [9.17, 15) is 0 Å². The molecule has 1 aromatic carbocycles. The van der Waals surface area contributed by atoms with Crippen molar-refractivity contribution in [3.05, 3.63) is 72.9 Å². The van der Waals surface area contributed by atoms with Crippen LogP contribution in [-0.4, -0.2) is 36.6 Å². The van der Waals surface area contributed by atoms with Crippen LogP contribution in [0.25, 0.3) is 26.3 Å². The van der Waals surface area contributed by atoms with Crippen LogP contribution in [-0.2, 0) is 0 Å². The normalized spacial score (nSPS) is 12.4. The second-order valence-corrected chi connectivity index (χ2v) is 8.90. The molecule has 0 bridgehead atoms. The largest absolute Gasteiger partial charge is 0.359 e. The maximum Gasteiger partial charge on any atom is 0.160 e. The highest BCUT2D eigenvalue weighted by atomic mass is 32.2. The number of pyridine rings is 1. The molecule has 0 spiro atoms. The summed E-state index contributed by atoms with van der Waals surface area (Å²) in [5.74, 6) is 2.73. The van der Waals surface area contributed by atoms with Crippen LogP contribution in [0.2, 0.25) is 0 Å². The second kappa shape index (κ2) is 8.41. The zero-order valence-corrected chi connectivity index (χ0v) is 18.0. The smallest absolute Gasteiger partial charge is 0.160 e. The first-order valence-corrected chi connectivity index (χ1v) is 11.9. The van der Waals surface area contributed by atoms with Crippen molar-refractivity contribution in [2.75, 3.05) is 17.3 Å². The Kier molecular flexibility index (Phi) is 5.33. The first-order valence-electron chi connectivity index (χ1n) is 9.68. The van der Waals surface area contributed by atoms with Crippen LogP contribution in [0.1, 0.15) is 18.3 Å². The van der Waals surface area contributed by atoms with Crippen molar-refractivity contribution in [1.29, 1.82) is 0 Å². The van der Waals surface area contributed by atoms with E-state index in [0.29, 0.717) is 0 Å². The molecule has 0 amide bonds. The standard InChI is InChI=1S/C22H20N6S2/c1-29-12-10-17(21-27-26-19-9-5-6-11-28(19)21)25-20-16-13-18(15-7-3-2-4-8-15)30-22(16)24-14-23-20/h2-9,11,13-14,17H,10,12H2,1H3,(H,23,24,25). The Morgan fingerprint density at radius 3 is 2.80 bits per heavy atom. The lowest BCUT2D eigenvalue weighted by molar-refractivity contribution is 0.686. The number of hydrogen-bond donors (Lipinski definition) is 1. The molecule has 0 saturated carbocycles. The molecule has 5 aromatic rings. The molecule has 1 unspecified atom stereocenters. The fourth-order valence-corrected chi connectivity index (χ4v) is 4.96. The van der Waals surface area contributed by atoms with Crippen LogP contribution >= 0.6 is 23.1 Å². The Morgan fingerprint density at radius 1 is 1.07 bits per heavy atom. The van der Waals surface area contributed by atoms with E-state index in [1.165, 1.54) is 10.4 Å². The molecule has 1 atom stereocenters. The average molecular weight is 433 g/mol. The van der Waals surface area contributed by atoms with E-state index in [1.807, 2.05) is 46.6 Å². The van der Waals surface area contributed by atoms with Crippen molar-refractivity contribution in [3.8, 4) is 10.4 Å². The fourth-order valence-electron chi connectivity index (χ4n) is 3.48. The summed E-state index contributed by atoms with van der Waals surface area (Å²) in [6.45, 7) is 0. The van der Waals surface area contributed by atoms with Gasteiger partial charge in [0.15, 0.2) is 11.5 Å². The maximum atomic E-state index is 4.57. The summed E-state index contributed by atoms with van der Waals surface area (Å²) in [5.41, 5.74) is 2.03. The summed E-state index contributed by atoms with van der Waals surface area (Å²) in [6, 6.07) is 18.5. The van der Waals surface area contributed by atoms with E-state index >= 15 is 0 Å². The minimum Gasteiger partial charge on any atom is -0.359 e. The zero-order chi connectivity index (χ0) is 20.3. The molecule has 8 heteroatoms. The van der Waals surface area contributed by atoms with Crippen LogP contribution in [0.4, 0.5) is 5.82 Å². The van der Waals surface area contributed by atoms with Gasteiger partial charge in [0, 0.05) is 11.1 Å². The van der Waals surface area contributed by atoms with Gasteiger partial charge in [0.25, 0.3) is 0 Å². The van der Waals surface area contributed by atoms with Gasteiger partial charge in [-0.05, 0) is 42.2 Å². The van der Waals surface area contributed by atoms with Gasteiger partial charge in [-0.25, -0.2) is 9.97 Å². The number of nitrogens with one attached hydrogen (secondary N) is 1. The lowest BCUT2D eigenvalue weighted by Gasteiger charge is -2.18. The van der Waals surface area contributed by atoms with E-state index in [-0.39, 0.29) is 6.04 Å². The van der Waals surface area contributed by atoms with E-state index in [4.69, 9.17) is 0 Å². The van der Waals surface area contributed by atoms with Gasteiger partial charge >= 0.3 is 0 Å². The molecule has 0 aliphatic rings. The Morgan fingerprint density at radius 2 is 1.93 bits per heavy atom. The number of anilines is 1. The number of nitrogens with zero attached hydrogens (tertiary/aromatic N) is 5. The van der Waals surface area contributed by atoms with E-state index in [0.717, 1.165) is 39.7 Å². The highest BCUT2D eigenvalue weighted by molar-refractivity contribution is 7.98.